The van der Waals surface area contributed by atoms with Crippen molar-refractivity contribution in [2.24, 2.45) is 5.10 Å². The van der Waals surface area contributed by atoms with Crippen LogP contribution in [-0.2, 0) is 0 Å². The van der Waals surface area contributed by atoms with E-state index in [1.165, 1.54) is 0 Å². The highest BCUT2D eigenvalue weighted by Crippen LogP contribution is 2.17. The summed E-state index contributed by atoms with van der Waals surface area (Å²) in [5, 5.41) is 13.5. The molecule has 1 amide bonds. The first-order valence-electron chi connectivity index (χ1n) is 6.93. The number of phenols is 1. The van der Waals surface area contributed by atoms with E-state index in [9.17, 15) is 9.90 Å². The normalized spacial score (nSPS) is 11.3. The number of carbonyl (C=O) groups is 1. The number of aromatic hydroxyl groups is 1. The van der Waals surface area contributed by atoms with Crippen LogP contribution in [-0.4, -0.2) is 16.7 Å². The number of benzene rings is 2. The van der Waals surface area contributed by atoms with Crippen LogP contribution in [0.3, 0.4) is 0 Å². The fourth-order valence-electron chi connectivity index (χ4n) is 1.92. The van der Waals surface area contributed by atoms with Gasteiger partial charge in [-0.1, -0.05) is 28.9 Å². The Morgan fingerprint density at radius 3 is 2.41 bits per heavy atom. The van der Waals surface area contributed by atoms with Gasteiger partial charge in [0.25, 0.3) is 5.91 Å². The molecule has 0 fully saturated rings. The Labute approximate surface area is 138 Å². The summed E-state index contributed by atoms with van der Waals surface area (Å²) in [6, 6.07) is 12.1. The summed E-state index contributed by atoms with van der Waals surface area (Å²) < 4.78 is 0.887. The minimum atomic E-state index is -0.259. The van der Waals surface area contributed by atoms with Crippen molar-refractivity contribution in [3.63, 3.8) is 0 Å². The number of carbonyl (C=O) groups excluding carboxylic acids is 1. The first-order valence-corrected chi connectivity index (χ1v) is 7.73. The number of aryl methyl sites for hydroxylation is 1. The van der Waals surface area contributed by atoms with Crippen LogP contribution in [0.5, 0.6) is 5.75 Å². The second-order valence-electron chi connectivity index (χ2n) is 4.86. The van der Waals surface area contributed by atoms with Crippen molar-refractivity contribution in [2.75, 3.05) is 0 Å². The van der Waals surface area contributed by atoms with Crippen LogP contribution in [0, 0.1) is 6.92 Å². The van der Waals surface area contributed by atoms with Gasteiger partial charge in [-0.3, -0.25) is 4.79 Å². The molecule has 0 unspecified atom stereocenters. The Kier molecular flexibility index (Phi) is 5.33. The van der Waals surface area contributed by atoms with Crippen molar-refractivity contribution in [1.82, 2.24) is 5.43 Å². The molecule has 0 heterocycles. The van der Waals surface area contributed by atoms with Gasteiger partial charge >= 0.3 is 0 Å². The maximum atomic E-state index is 12.1. The van der Waals surface area contributed by atoms with Gasteiger partial charge in [0.15, 0.2) is 0 Å². The van der Waals surface area contributed by atoms with E-state index in [4.69, 9.17) is 0 Å². The van der Waals surface area contributed by atoms with Gasteiger partial charge in [0.1, 0.15) is 5.75 Å². The molecule has 114 valence electrons. The molecule has 0 radical (unpaired) electrons. The maximum Gasteiger partial charge on any atom is 0.271 e. The quantitative estimate of drug-likeness (QED) is 0.639. The van der Waals surface area contributed by atoms with E-state index in [1.54, 1.807) is 36.4 Å². The SMILES string of the molecule is CC/C(=N\NC(=O)c1ccc(C)c(Br)c1)c1ccc(O)cc1. The third-order valence-electron chi connectivity index (χ3n) is 3.26. The van der Waals surface area contributed by atoms with E-state index in [1.807, 2.05) is 19.9 Å². The summed E-state index contributed by atoms with van der Waals surface area (Å²) in [6.45, 7) is 3.92. The third-order valence-corrected chi connectivity index (χ3v) is 4.12. The summed E-state index contributed by atoms with van der Waals surface area (Å²) in [6.07, 6.45) is 0.669. The topological polar surface area (TPSA) is 61.7 Å². The van der Waals surface area contributed by atoms with Crippen molar-refractivity contribution >= 4 is 27.5 Å². The Morgan fingerprint density at radius 2 is 1.82 bits per heavy atom. The summed E-state index contributed by atoms with van der Waals surface area (Å²) in [7, 11) is 0. The lowest BCUT2D eigenvalue weighted by molar-refractivity contribution is 0.0954. The van der Waals surface area contributed by atoms with Crippen molar-refractivity contribution in [1.29, 1.82) is 0 Å². The van der Waals surface area contributed by atoms with Crippen molar-refractivity contribution in [3.8, 4) is 5.75 Å². The molecule has 0 bridgehead atoms. The minimum Gasteiger partial charge on any atom is -0.508 e. The third kappa shape index (κ3) is 3.95. The predicted octanol–water partition coefficient (Wildman–Crippen LogP) is 4.01. The molecule has 2 aromatic rings. The Morgan fingerprint density at radius 1 is 1.18 bits per heavy atom. The van der Waals surface area contributed by atoms with Crippen molar-refractivity contribution in [2.45, 2.75) is 20.3 Å². The summed E-state index contributed by atoms with van der Waals surface area (Å²) in [5.41, 5.74) is 5.80. The molecule has 5 heteroatoms. The van der Waals surface area contributed by atoms with Crippen molar-refractivity contribution in [3.05, 3.63) is 63.6 Å². The molecule has 2 aromatic carbocycles. The average molecular weight is 361 g/mol. The van der Waals surface area contributed by atoms with Crippen LogP contribution >= 0.6 is 15.9 Å². The molecule has 0 spiro atoms. The summed E-state index contributed by atoms with van der Waals surface area (Å²) >= 11 is 3.41. The Hall–Kier alpha value is -2.14. The van der Waals surface area contributed by atoms with Gasteiger partial charge < -0.3 is 5.11 Å². The maximum absolute atomic E-state index is 12.1. The van der Waals surface area contributed by atoms with E-state index in [0.29, 0.717) is 12.0 Å². The van der Waals surface area contributed by atoms with Crippen LogP contribution in [0.1, 0.15) is 34.8 Å². The number of hydrogen-bond donors (Lipinski definition) is 2. The van der Waals surface area contributed by atoms with E-state index in [2.05, 4.69) is 26.5 Å². The molecule has 2 N–H and O–H groups in total. The smallest absolute Gasteiger partial charge is 0.271 e. The highest BCUT2D eigenvalue weighted by Gasteiger charge is 2.07. The highest BCUT2D eigenvalue weighted by molar-refractivity contribution is 9.10. The van der Waals surface area contributed by atoms with Gasteiger partial charge in [-0.2, -0.15) is 5.10 Å². The molecule has 0 aromatic heterocycles. The van der Waals surface area contributed by atoms with Gasteiger partial charge in [0.2, 0.25) is 0 Å². The van der Waals surface area contributed by atoms with Gasteiger partial charge in [-0.25, -0.2) is 5.43 Å². The molecule has 0 aliphatic heterocycles. The zero-order valence-electron chi connectivity index (χ0n) is 12.4. The van der Waals surface area contributed by atoms with Crippen LogP contribution in [0.4, 0.5) is 0 Å². The summed E-state index contributed by atoms with van der Waals surface area (Å²) in [4.78, 5) is 12.1. The van der Waals surface area contributed by atoms with E-state index in [0.717, 1.165) is 21.3 Å². The number of phenolic OH excluding ortho intramolecular Hbond substituents is 1. The number of nitrogens with zero attached hydrogens (tertiary/aromatic N) is 1. The highest BCUT2D eigenvalue weighted by atomic mass is 79.9. The number of rotatable bonds is 4. The molecular formula is C17H17BrN2O2. The predicted molar refractivity (Wildman–Crippen MR) is 91.3 cm³/mol. The molecule has 0 atom stereocenters. The molecule has 0 saturated carbocycles. The molecule has 2 rings (SSSR count). The largest absolute Gasteiger partial charge is 0.508 e. The first kappa shape index (κ1) is 16.2. The Balaban J connectivity index is 2.15. The van der Waals surface area contributed by atoms with Crippen LogP contribution in [0.25, 0.3) is 0 Å². The average Bonchev–Trinajstić information content (AvgIpc) is 2.52. The Bertz CT molecular complexity index is 709. The van der Waals surface area contributed by atoms with Gasteiger partial charge in [0.05, 0.1) is 5.71 Å². The molecule has 0 aliphatic carbocycles. The number of hydrazone groups is 1. The number of nitrogens with one attached hydrogen (secondary N) is 1. The number of halogens is 1. The minimum absolute atomic E-state index is 0.202. The molecule has 0 saturated heterocycles. The fourth-order valence-corrected chi connectivity index (χ4v) is 2.30. The molecule has 22 heavy (non-hydrogen) atoms. The lowest BCUT2D eigenvalue weighted by Gasteiger charge is -2.06. The van der Waals surface area contributed by atoms with Crippen molar-refractivity contribution < 1.29 is 9.90 Å². The first-order chi connectivity index (χ1) is 10.5. The standard InChI is InChI=1S/C17H17BrN2O2/c1-3-16(12-6-8-14(21)9-7-12)19-20-17(22)13-5-4-11(2)15(18)10-13/h4-10,21H,3H2,1-2H3,(H,20,22)/b19-16+. The van der Waals surface area contributed by atoms with Crippen LogP contribution in [0.15, 0.2) is 52.0 Å². The van der Waals surface area contributed by atoms with Crippen LogP contribution in [0.2, 0.25) is 0 Å². The number of amides is 1. The molecular weight excluding hydrogens is 344 g/mol. The monoisotopic (exact) mass is 360 g/mol. The van der Waals surface area contributed by atoms with Gasteiger partial charge in [0, 0.05) is 10.0 Å². The zero-order chi connectivity index (χ0) is 16.1. The number of hydrogen-bond acceptors (Lipinski definition) is 3. The van der Waals surface area contributed by atoms with E-state index in [-0.39, 0.29) is 11.7 Å². The lowest BCUT2D eigenvalue weighted by Crippen LogP contribution is -2.20. The second kappa shape index (κ2) is 7.22. The van der Waals surface area contributed by atoms with E-state index >= 15 is 0 Å². The van der Waals surface area contributed by atoms with Crippen LogP contribution < -0.4 is 5.43 Å². The fraction of sp³-hybridized carbons (Fsp3) is 0.176. The molecule has 0 aliphatic rings. The van der Waals surface area contributed by atoms with Gasteiger partial charge in [-0.15, -0.1) is 0 Å². The lowest BCUT2D eigenvalue weighted by atomic mass is 10.1. The molecule has 4 nitrogen and oxygen atoms in total. The zero-order valence-corrected chi connectivity index (χ0v) is 14.0. The van der Waals surface area contributed by atoms with Gasteiger partial charge in [-0.05, 0) is 60.9 Å². The second-order valence-corrected chi connectivity index (χ2v) is 5.72. The van der Waals surface area contributed by atoms with E-state index < -0.39 is 0 Å². The summed E-state index contributed by atoms with van der Waals surface area (Å²) in [5.74, 6) is -0.0572.